The normalized spacial score (nSPS) is 11.0. The Morgan fingerprint density at radius 3 is 2.40 bits per heavy atom. The van der Waals surface area contributed by atoms with Gasteiger partial charge in [-0.15, -0.1) is 16.2 Å². The van der Waals surface area contributed by atoms with Crippen LogP contribution in [0.4, 0.5) is 5.00 Å². The Morgan fingerprint density at radius 1 is 1.17 bits per heavy atom. The first-order valence-electron chi connectivity index (χ1n) is 8.69. The molecule has 12 heteroatoms. The molecule has 30 heavy (non-hydrogen) atoms. The number of rotatable bonds is 8. The molecule has 0 aliphatic heterocycles. The summed E-state index contributed by atoms with van der Waals surface area (Å²) in [5.74, 6) is 0.175. The number of carbonyl (C=O) groups is 1. The largest absolute Gasteiger partial charge is 0.493 e. The summed E-state index contributed by atoms with van der Waals surface area (Å²) in [6, 6.07) is 4.17. The summed E-state index contributed by atoms with van der Waals surface area (Å²) >= 11 is 6.50. The van der Waals surface area contributed by atoms with Crippen molar-refractivity contribution in [2.75, 3.05) is 26.6 Å². The maximum Gasteiger partial charge on any atom is 0.341 e. The van der Waals surface area contributed by atoms with E-state index >= 15 is 0 Å². The highest BCUT2D eigenvalue weighted by Gasteiger charge is 2.23. The van der Waals surface area contributed by atoms with Gasteiger partial charge in [-0.1, -0.05) is 6.92 Å². The van der Waals surface area contributed by atoms with Crippen molar-refractivity contribution in [2.24, 2.45) is 0 Å². The number of methoxy groups -OCH3 is 3. The molecule has 9 nitrogen and oxygen atoms in total. The summed E-state index contributed by atoms with van der Waals surface area (Å²) in [7, 11) is 0.203. The van der Waals surface area contributed by atoms with Gasteiger partial charge in [-0.2, -0.15) is 0 Å². The molecule has 1 heterocycles. The van der Waals surface area contributed by atoms with Gasteiger partial charge in [0.25, 0.3) is 10.0 Å². The number of esters is 1. The smallest absolute Gasteiger partial charge is 0.341 e. The summed E-state index contributed by atoms with van der Waals surface area (Å²) in [6.45, 7) is 3.82. The highest BCUT2D eigenvalue weighted by Crippen LogP contribution is 2.34. The first-order chi connectivity index (χ1) is 14.2. The number of aryl methyl sites for hydroxylation is 1. The van der Waals surface area contributed by atoms with E-state index in [1.54, 1.807) is 0 Å². The molecule has 0 amide bonds. The van der Waals surface area contributed by atoms with Gasteiger partial charge in [-0.3, -0.25) is 5.43 Å². The number of nitrogens with one attached hydrogen (secondary N) is 3. The molecular weight excluding hydrogens is 450 g/mol. The Kier molecular flexibility index (Phi) is 8.01. The lowest BCUT2D eigenvalue weighted by molar-refractivity contribution is 0.0601. The van der Waals surface area contributed by atoms with Crippen LogP contribution < -0.4 is 25.0 Å². The van der Waals surface area contributed by atoms with Crippen LogP contribution in [0, 0.1) is 6.92 Å². The molecule has 0 saturated carbocycles. The molecule has 0 bridgehead atoms. The third-order valence-electron chi connectivity index (χ3n) is 4.14. The predicted molar refractivity (Wildman–Crippen MR) is 119 cm³/mol. The van der Waals surface area contributed by atoms with Gasteiger partial charge in [0, 0.05) is 10.9 Å². The quantitative estimate of drug-likeness (QED) is 0.302. The van der Waals surface area contributed by atoms with E-state index in [4.69, 9.17) is 26.4 Å². The van der Waals surface area contributed by atoms with E-state index in [9.17, 15) is 13.2 Å². The zero-order chi connectivity index (χ0) is 22.5. The first-order valence-corrected chi connectivity index (χ1v) is 11.4. The number of hydrogen-bond donors (Lipinski definition) is 3. The van der Waals surface area contributed by atoms with E-state index in [1.165, 1.54) is 50.9 Å². The zero-order valence-corrected chi connectivity index (χ0v) is 19.6. The second-order valence-electron chi connectivity index (χ2n) is 5.89. The van der Waals surface area contributed by atoms with E-state index in [-0.39, 0.29) is 15.8 Å². The van der Waals surface area contributed by atoms with E-state index in [0.717, 1.165) is 10.4 Å². The fraction of sp³-hybridized carbons (Fsp3) is 0.333. The van der Waals surface area contributed by atoms with Crippen molar-refractivity contribution in [2.45, 2.75) is 25.2 Å². The second-order valence-corrected chi connectivity index (χ2v) is 9.20. The van der Waals surface area contributed by atoms with Crippen molar-refractivity contribution in [3.8, 4) is 11.5 Å². The SMILES string of the molecule is CCc1c(C)sc(NC(=S)NNS(=O)(=O)c2ccc(OC)c(OC)c2)c1C(=O)OC. The average molecular weight is 474 g/mol. The van der Waals surface area contributed by atoms with Crippen molar-refractivity contribution in [3.05, 3.63) is 34.2 Å². The zero-order valence-electron chi connectivity index (χ0n) is 17.1. The maximum atomic E-state index is 12.6. The molecule has 0 spiro atoms. The van der Waals surface area contributed by atoms with Crippen LogP contribution in [0.2, 0.25) is 0 Å². The van der Waals surface area contributed by atoms with Crippen LogP contribution in [-0.2, 0) is 21.2 Å². The highest BCUT2D eigenvalue weighted by atomic mass is 32.2. The van der Waals surface area contributed by atoms with E-state index in [0.29, 0.717) is 22.7 Å². The van der Waals surface area contributed by atoms with Gasteiger partial charge < -0.3 is 19.5 Å². The van der Waals surface area contributed by atoms with Crippen LogP contribution >= 0.6 is 23.6 Å². The summed E-state index contributed by atoms with van der Waals surface area (Å²) in [4.78, 5) is 15.3. The van der Waals surface area contributed by atoms with Crippen molar-refractivity contribution in [1.29, 1.82) is 0 Å². The lowest BCUT2D eigenvalue weighted by atomic mass is 10.1. The van der Waals surface area contributed by atoms with Gasteiger partial charge in [0.2, 0.25) is 0 Å². The number of anilines is 1. The molecule has 0 aliphatic carbocycles. The topological polar surface area (TPSA) is 115 Å². The minimum absolute atomic E-state index is 0.0342. The molecule has 0 fully saturated rings. The Morgan fingerprint density at radius 2 is 1.83 bits per heavy atom. The van der Waals surface area contributed by atoms with Crippen LogP contribution in [0.25, 0.3) is 0 Å². The lowest BCUT2D eigenvalue weighted by Gasteiger charge is -2.13. The number of sulfonamides is 1. The Bertz CT molecular complexity index is 1050. The fourth-order valence-electron chi connectivity index (χ4n) is 2.70. The third kappa shape index (κ3) is 5.19. The minimum Gasteiger partial charge on any atom is -0.493 e. The van der Waals surface area contributed by atoms with Gasteiger partial charge in [0.05, 0.1) is 31.8 Å². The summed E-state index contributed by atoms with van der Waals surface area (Å²) in [5.41, 5.74) is 3.67. The molecule has 0 aliphatic rings. The number of benzene rings is 1. The average Bonchev–Trinajstić information content (AvgIpc) is 3.05. The molecule has 1 aromatic heterocycles. The number of carbonyl (C=O) groups excluding carboxylic acids is 1. The molecule has 0 unspecified atom stereocenters. The monoisotopic (exact) mass is 473 g/mol. The first kappa shape index (κ1) is 23.9. The van der Waals surface area contributed by atoms with Crippen molar-refractivity contribution < 1.29 is 27.4 Å². The predicted octanol–water partition coefficient (Wildman–Crippen LogP) is 2.60. The summed E-state index contributed by atoms with van der Waals surface area (Å²) in [6.07, 6.45) is 0.639. The minimum atomic E-state index is -3.96. The second kappa shape index (κ2) is 10.1. The summed E-state index contributed by atoms with van der Waals surface area (Å²) in [5, 5.41) is 3.29. The molecule has 1 aromatic carbocycles. The van der Waals surface area contributed by atoms with Gasteiger partial charge in [0.1, 0.15) is 5.00 Å². The van der Waals surface area contributed by atoms with Gasteiger partial charge >= 0.3 is 5.97 Å². The van der Waals surface area contributed by atoms with Crippen LogP contribution in [0.5, 0.6) is 11.5 Å². The Balaban J connectivity index is 2.16. The van der Waals surface area contributed by atoms with Crippen LogP contribution in [0.15, 0.2) is 23.1 Å². The van der Waals surface area contributed by atoms with Crippen molar-refractivity contribution >= 4 is 49.7 Å². The van der Waals surface area contributed by atoms with Crippen molar-refractivity contribution in [1.82, 2.24) is 10.3 Å². The molecule has 164 valence electrons. The van der Waals surface area contributed by atoms with Crippen LogP contribution in [0.3, 0.4) is 0 Å². The summed E-state index contributed by atoms with van der Waals surface area (Å²) < 4.78 is 40.2. The third-order valence-corrected chi connectivity index (χ3v) is 6.66. The number of hydrazine groups is 1. The highest BCUT2D eigenvalue weighted by molar-refractivity contribution is 7.89. The van der Waals surface area contributed by atoms with E-state index < -0.39 is 16.0 Å². The Labute approximate surface area is 184 Å². The standard InChI is InChI=1S/C18H23N3O6S3/c1-6-12-10(2)29-16(15(12)17(22)27-5)19-18(28)20-21-30(23,24)11-7-8-13(25-3)14(9-11)26-4/h7-9,21H,6H2,1-5H3,(H2,19,20,28). The van der Waals surface area contributed by atoms with E-state index in [2.05, 4.69) is 15.6 Å². The number of thiophene rings is 1. The number of thiocarbonyl (C=S) groups is 1. The van der Waals surface area contributed by atoms with E-state index in [1.807, 2.05) is 13.8 Å². The molecule has 2 rings (SSSR count). The molecule has 0 radical (unpaired) electrons. The van der Waals surface area contributed by atoms with Crippen molar-refractivity contribution in [3.63, 3.8) is 0 Å². The number of hydrogen-bond acceptors (Lipinski definition) is 8. The molecule has 2 aromatic rings. The molecule has 3 N–H and O–H groups in total. The van der Waals surface area contributed by atoms with Crippen LogP contribution in [0.1, 0.15) is 27.7 Å². The number of ether oxygens (including phenoxy) is 3. The molecular formula is C18H23N3O6S3. The van der Waals surface area contributed by atoms with Gasteiger partial charge in [-0.25, -0.2) is 13.2 Å². The van der Waals surface area contributed by atoms with Gasteiger partial charge in [-0.05, 0) is 43.3 Å². The fourth-order valence-corrected chi connectivity index (χ4v) is 4.98. The van der Waals surface area contributed by atoms with Gasteiger partial charge in [0.15, 0.2) is 16.6 Å². The van der Waals surface area contributed by atoms with Crippen LogP contribution in [-0.4, -0.2) is 40.8 Å². The maximum absolute atomic E-state index is 12.6. The molecule has 0 saturated heterocycles. The Hall–Kier alpha value is -2.41. The molecule has 0 atom stereocenters. The lowest BCUT2D eigenvalue weighted by Crippen LogP contribution is -2.43.